The second kappa shape index (κ2) is 6.70. The van der Waals surface area contributed by atoms with E-state index in [4.69, 9.17) is 27.9 Å². The van der Waals surface area contributed by atoms with Crippen LogP contribution in [0.1, 0.15) is 5.56 Å². The Balaban J connectivity index is 1.94. The van der Waals surface area contributed by atoms with Gasteiger partial charge in [-0.05, 0) is 23.8 Å². The zero-order chi connectivity index (χ0) is 16.2. The van der Waals surface area contributed by atoms with Crippen molar-refractivity contribution in [1.82, 2.24) is 4.98 Å². The lowest BCUT2D eigenvalue weighted by atomic mass is 10.1. The van der Waals surface area contributed by atoms with Gasteiger partial charge in [-0.3, -0.25) is 0 Å². The number of hydrogen-bond acceptors (Lipinski definition) is 3. The molecule has 23 heavy (non-hydrogen) atoms. The van der Waals surface area contributed by atoms with Gasteiger partial charge in [0.05, 0.1) is 10.0 Å². The van der Waals surface area contributed by atoms with Crippen molar-refractivity contribution >= 4 is 23.2 Å². The zero-order valence-corrected chi connectivity index (χ0v) is 13.3. The van der Waals surface area contributed by atoms with E-state index < -0.39 is 0 Å². The van der Waals surface area contributed by atoms with Crippen LogP contribution in [-0.2, 0) is 0 Å². The van der Waals surface area contributed by atoms with Gasteiger partial charge < -0.3 is 4.74 Å². The largest absolute Gasteiger partial charge is 0.438 e. The monoisotopic (exact) mass is 340 g/mol. The highest BCUT2D eigenvalue weighted by Crippen LogP contribution is 2.31. The quantitative estimate of drug-likeness (QED) is 0.612. The van der Waals surface area contributed by atoms with E-state index in [9.17, 15) is 5.26 Å². The fourth-order valence-corrected chi connectivity index (χ4v) is 2.34. The van der Waals surface area contributed by atoms with Gasteiger partial charge in [-0.1, -0.05) is 53.5 Å². The summed E-state index contributed by atoms with van der Waals surface area (Å²) in [5, 5.41) is 10.2. The van der Waals surface area contributed by atoms with Crippen LogP contribution < -0.4 is 4.74 Å². The highest BCUT2D eigenvalue weighted by Gasteiger charge is 2.10. The van der Waals surface area contributed by atoms with Crippen LogP contribution in [-0.4, -0.2) is 4.98 Å². The van der Waals surface area contributed by atoms with Crippen LogP contribution in [0.25, 0.3) is 11.1 Å². The summed E-state index contributed by atoms with van der Waals surface area (Å²) in [6.07, 6.45) is 1.67. The normalized spacial score (nSPS) is 10.1. The van der Waals surface area contributed by atoms with Gasteiger partial charge in [-0.2, -0.15) is 5.26 Å². The topological polar surface area (TPSA) is 45.9 Å². The molecule has 0 aliphatic carbocycles. The van der Waals surface area contributed by atoms with Crippen molar-refractivity contribution in [2.24, 2.45) is 0 Å². The van der Waals surface area contributed by atoms with Crippen molar-refractivity contribution in [1.29, 1.82) is 5.26 Å². The third kappa shape index (κ3) is 3.45. The Hall–Kier alpha value is -2.54. The van der Waals surface area contributed by atoms with Gasteiger partial charge in [0.2, 0.25) is 5.88 Å². The van der Waals surface area contributed by atoms with Crippen LogP contribution in [0.4, 0.5) is 0 Å². The molecule has 3 nitrogen and oxygen atoms in total. The van der Waals surface area contributed by atoms with E-state index in [-0.39, 0.29) is 5.88 Å². The van der Waals surface area contributed by atoms with E-state index >= 15 is 0 Å². The predicted octanol–water partition coefficient (Wildman–Crippen LogP) is 5.72. The molecule has 1 heterocycles. The van der Waals surface area contributed by atoms with Gasteiger partial charge >= 0.3 is 0 Å². The summed E-state index contributed by atoms with van der Waals surface area (Å²) in [7, 11) is 0. The Morgan fingerprint density at radius 3 is 2.39 bits per heavy atom. The number of nitrogens with zero attached hydrogens (tertiary/aromatic N) is 2. The number of halogens is 2. The van der Waals surface area contributed by atoms with Crippen molar-refractivity contribution < 1.29 is 4.74 Å². The van der Waals surface area contributed by atoms with E-state index in [1.165, 1.54) is 0 Å². The summed E-state index contributed by atoms with van der Waals surface area (Å²) >= 11 is 11.8. The van der Waals surface area contributed by atoms with Crippen LogP contribution in [0.3, 0.4) is 0 Å². The average molecular weight is 341 g/mol. The molecule has 5 heteroatoms. The zero-order valence-electron chi connectivity index (χ0n) is 11.8. The molecule has 0 aliphatic rings. The van der Waals surface area contributed by atoms with Gasteiger partial charge in [0, 0.05) is 17.8 Å². The SMILES string of the molecule is N#Cc1cc(-c2ccccc2)cnc1Oc1ccc(Cl)c(Cl)c1. The first-order chi connectivity index (χ1) is 11.2. The number of rotatable bonds is 3. The third-order valence-corrected chi connectivity index (χ3v) is 3.92. The summed E-state index contributed by atoms with van der Waals surface area (Å²) in [4.78, 5) is 4.25. The molecule has 2 aromatic carbocycles. The minimum Gasteiger partial charge on any atom is -0.438 e. The molecular formula is C18H10Cl2N2O. The maximum atomic E-state index is 9.35. The molecule has 0 amide bonds. The number of hydrogen-bond donors (Lipinski definition) is 0. The third-order valence-electron chi connectivity index (χ3n) is 3.18. The molecule has 1 aromatic heterocycles. The highest BCUT2D eigenvalue weighted by atomic mass is 35.5. The molecule has 3 aromatic rings. The van der Waals surface area contributed by atoms with E-state index in [2.05, 4.69) is 11.1 Å². The number of pyridine rings is 1. The molecule has 0 radical (unpaired) electrons. The van der Waals surface area contributed by atoms with Gasteiger partial charge in [0.15, 0.2) is 0 Å². The Morgan fingerprint density at radius 1 is 0.913 bits per heavy atom. The lowest BCUT2D eigenvalue weighted by Gasteiger charge is -2.09. The van der Waals surface area contributed by atoms with Crippen molar-refractivity contribution in [2.75, 3.05) is 0 Å². The first-order valence-electron chi connectivity index (χ1n) is 6.76. The number of nitriles is 1. The number of aromatic nitrogens is 1. The first-order valence-corrected chi connectivity index (χ1v) is 7.51. The Labute approximate surface area is 143 Å². The molecule has 0 atom stereocenters. The highest BCUT2D eigenvalue weighted by molar-refractivity contribution is 6.42. The Morgan fingerprint density at radius 2 is 1.70 bits per heavy atom. The van der Waals surface area contributed by atoms with E-state index in [1.807, 2.05) is 30.3 Å². The summed E-state index contributed by atoms with van der Waals surface area (Å²) in [5.41, 5.74) is 2.18. The molecule has 0 aliphatic heterocycles. The molecule has 0 bridgehead atoms. The van der Waals surface area contributed by atoms with Gasteiger partial charge in [0.1, 0.15) is 17.4 Å². The van der Waals surface area contributed by atoms with Crippen molar-refractivity contribution in [3.05, 3.63) is 76.4 Å². The lowest BCUT2D eigenvalue weighted by molar-refractivity contribution is 0.461. The summed E-state index contributed by atoms with van der Waals surface area (Å²) in [6, 6.07) is 18.4. The first kappa shape index (κ1) is 15.4. The summed E-state index contributed by atoms with van der Waals surface area (Å²) < 4.78 is 5.65. The van der Waals surface area contributed by atoms with Crippen LogP contribution in [0.5, 0.6) is 11.6 Å². The molecular weight excluding hydrogens is 331 g/mol. The molecule has 3 rings (SSSR count). The van der Waals surface area contributed by atoms with Crippen molar-refractivity contribution in [3.63, 3.8) is 0 Å². The maximum Gasteiger partial charge on any atom is 0.237 e. The molecule has 0 spiro atoms. The Kier molecular flexibility index (Phi) is 4.47. The van der Waals surface area contributed by atoms with Gasteiger partial charge in [0.25, 0.3) is 0 Å². The fraction of sp³-hybridized carbons (Fsp3) is 0. The number of ether oxygens (including phenoxy) is 1. The second-order valence-corrected chi connectivity index (χ2v) is 5.55. The van der Waals surface area contributed by atoms with Gasteiger partial charge in [-0.15, -0.1) is 0 Å². The molecule has 0 saturated carbocycles. The summed E-state index contributed by atoms with van der Waals surface area (Å²) in [5.74, 6) is 0.696. The minimum atomic E-state index is 0.227. The molecule has 0 saturated heterocycles. The molecule has 0 N–H and O–H groups in total. The summed E-state index contributed by atoms with van der Waals surface area (Å²) in [6.45, 7) is 0. The second-order valence-electron chi connectivity index (χ2n) is 4.73. The fourth-order valence-electron chi connectivity index (χ4n) is 2.05. The Bertz CT molecular complexity index is 889. The minimum absolute atomic E-state index is 0.227. The lowest BCUT2D eigenvalue weighted by Crippen LogP contribution is -1.93. The standard InChI is InChI=1S/C18H10Cl2N2O/c19-16-7-6-15(9-17(16)20)23-18-13(10-21)8-14(11-22-18)12-4-2-1-3-5-12/h1-9,11H. The maximum absolute atomic E-state index is 9.35. The van der Waals surface area contributed by atoms with Crippen LogP contribution in [0.2, 0.25) is 10.0 Å². The van der Waals surface area contributed by atoms with Crippen LogP contribution in [0, 0.1) is 11.3 Å². The van der Waals surface area contributed by atoms with E-state index in [0.717, 1.165) is 11.1 Å². The van der Waals surface area contributed by atoms with E-state index in [1.54, 1.807) is 30.5 Å². The van der Waals surface area contributed by atoms with Crippen LogP contribution in [0.15, 0.2) is 60.8 Å². The predicted molar refractivity (Wildman–Crippen MR) is 90.9 cm³/mol. The van der Waals surface area contributed by atoms with Crippen molar-refractivity contribution in [3.8, 4) is 28.8 Å². The van der Waals surface area contributed by atoms with Crippen LogP contribution >= 0.6 is 23.2 Å². The van der Waals surface area contributed by atoms with Crippen molar-refractivity contribution in [2.45, 2.75) is 0 Å². The average Bonchev–Trinajstić information content (AvgIpc) is 2.59. The number of benzene rings is 2. The molecule has 0 unspecified atom stereocenters. The molecule has 112 valence electrons. The van der Waals surface area contributed by atoms with E-state index in [0.29, 0.717) is 21.4 Å². The molecule has 0 fully saturated rings. The smallest absolute Gasteiger partial charge is 0.237 e. The van der Waals surface area contributed by atoms with Gasteiger partial charge in [-0.25, -0.2) is 4.98 Å².